The van der Waals surface area contributed by atoms with Crippen LogP contribution in [0.4, 0.5) is 0 Å². The van der Waals surface area contributed by atoms with Crippen LogP contribution in [0.15, 0.2) is 41.8 Å². The number of nitrogens with one attached hydrogen (secondary N) is 1. The normalized spacial score (nSPS) is 12.0. The Hall–Kier alpha value is -1.89. The average molecular weight is 393 g/mol. The van der Waals surface area contributed by atoms with Crippen LogP contribution in [-0.2, 0) is 6.61 Å². The molecule has 25 heavy (non-hydrogen) atoms. The van der Waals surface area contributed by atoms with E-state index < -0.39 is 0 Å². The highest BCUT2D eigenvalue weighted by atomic mass is 35.5. The van der Waals surface area contributed by atoms with Crippen LogP contribution in [0.2, 0.25) is 5.02 Å². The Kier molecular flexibility index (Phi) is 5.73. The van der Waals surface area contributed by atoms with Crippen LogP contribution in [0, 0.1) is 6.92 Å². The van der Waals surface area contributed by atoms with E-state index in [0.717, 1.165) is 15.4 Å². The van der Waals surface area contributed by atoms with Gasteiger partial charge in [-0.2, -0.15) is 0 Å². The number of hydrogen-bond donors (Lipinski definition) is 1. The van der Waals surface area contributed by atoms with Gasteiger partial charge in [0.25, 0.3) is 5.91 Å². The molecule has 1 unspecified atom stereocenters. The number of carbonyl (C=O) groups is 1. The number of aromatic nitrogens is 1. The van der Waals surface area contributed by atoms with Crippen molar-refractivity contribution >= 4 is 40.2 Å². The molecule has 3 rings (SSSR count). The third-order valence-electron chi connectivity index (χ3n) is 3.49. The minimum atomic E-state index is -0.174. The zero-order valence-corrected chi connectivity index (χ0v) is 16.2. The predicted octanol–water partition coefficient (Wildman–Crippen LogP) is 5.24. The van der Waals surface area contributed by atoms with Crippen molar-refractivity contribution in [3.05, 3.63) is 67.1 Å². The van der Waals surface area contributed by atoms with Crippen molar-refractivity contribution in [2.24, 2.45) is 0 Å². The van der Waals surface area contributed by atoms with Crippen LogP contribution in [0.3, 0.4) is 0 Å². The molecule has 0 saturated carbocycles. The van der Waals surface area contributed by atoms with Gasteiger partial charge in [-0.3, -0.25) is 4.79 Å². The maximum Gasteiger partial charge on any atom is 0.267 e. The smallest absolute Gasteiger partial charge is 0.267 e. The fraction of sp³-hybridized carbons (Fsp3) is 0.222. The largest absolute Gasteiger partial charge is 0.472 e. The molecule has 0 spiro atoms. The van der Waals surface area contributed by atoms with E-state index in [9.17, 15) is 4.79 Å². The first kappa shape index (κ1) is 17.9. The molecular formula is C18H17ClN2O2S2. The summed E-state index contributed by atoms with van der Waals surface area (Å²) in [6.45, 7) is 4.13. The van der Waals surface area contributed by atoms with E-state index in [0.29, 0.717) is 22.4 Å². The molecule has 1 aromatic carbocycles. The van der Waals surface area contributed by atoms with Gasteiger partial charge < -0.3 is 10.1 Å². The summed E-state index contributed by atoms with van der Waals surface area (Å²) in [6.07, 6.45) is 0. The van der Waals surface area contributed by atoms with Crippen molar-refractivity contribution in [3.63, 3.8) is 0 Å². The highest BCUT2D eigenvalue weighted by Crippen LogP contribution is 2.27. The first-order valence-corrected chi connectivity index (χ1v) is 9.79. The summed E-state index contributed by atoms with van der Waals surface area (Å²) in [5.41, 5.74) is 0.927. The number of thiophene rings is 1. The first-order valence-electron chi connectivity index (χ1n) is 7.72. The van der Waals surface area contributed by atoms with E-state index in [1.54, 1.807) is 11.3 Å². The predicted molar refractivity (Wildman–Crippen MR) is 103 cm³/mol. The number of aryl methyl sites for hydroxylation is 1. The quantitative estimate of drug-likeness (QED) is 0.624. The number of rotatable bonds is 6. The SMILES string of the molecule is Cc1nc(OCc2cccc(Cl)c2)c(C(=O)NC(C)c2cccs2)s1. The molecule has 1 N–H and O–H groups in total. The number of hydrogen-bond acceptors (Lipinski definition) is 5. The lowest BCUT2D eigenvalue weighted by Gasteiger charge is -2.12. The van der Waals surface area contributed by atoms with Crippen molar-refractivity contribution in [2.45, 2.75) is 26.5 Å². The second-order valence-corrected chi connectivity index (χ2v) is 8.12. The van der Waals surface area contributed by atoms with Gasteiger partial charge in [-0.15, -0.1) is 22.7 Å². The molecule has 1 atom stereocenters. The minimum absolute atomic E-state index is 0.0595. The van der Waals surface area contributed by atoms with Gasteiger partial charge in [0.05, 0.1) is 11.0 Å². The van der Waals surface area contributed by atoms with Crippen LogP contribution in [0.1, 0.15) is 38.1 Å². The molecule has 0 fully saturated rings. The fourth-order valence-corrected chi connectivity index (χ4v) is 4.01. The van der Waals surface area contributed by atoms with Gasteiger partial charge in [-0.25, -0.2) is 4.98 Å². The summed E-state index contributed by atoms with van der Waals surface area (Å²) in [4.78, 5) is 18.6. The second-order valence-electron chi connectivity index (χ2n) is 5.50. The summed E-state index contributed by atoms with van der Waals surface area (Å²) in [5, 5.41) is 6.43. The number of amides is 1. The van der Waals surface area contributed by atoms with Crippen molar-refractivity contribution in [2.75, 3.05) is 0 Å². The maximum absolute atomic E-state index is 12.6. The number of carbonyl (C=O) groups excluding carboxylic acids is 1. The molecule has 0 aliphatic heterocycles. The minimum Gasteiger partial charge on any atom is -0.472 e. The average Bonchev–Trinajstić information content (AvgIpc) is 3.22. The summed E-state index contributed by atoms with van der Waals surface area (Å²) >= 11 is 8.93. The van der Waals surface area contributed by atoms with E-state index in [1.807, 2.05) is 55.6 Å². The Balaban J connectivity index is 1.70. The lowest BCUT2D eigenvalue weighted by molar-refractivity contribution is 0.0940. The van der Waals surface area contributed by atoms with Gasteiger partial charge in [0.15, 0.2) is 4.88 Å². The standard InChI is InChI=1S/C18H17ClN2O2S2/c1-11(15-7-4-8-24-15)20-17(22)16-18(21-12(2)25-16)23-10-13-5-3-6-14(19)9-13/h3-9,11H,10H2,1-2H3,(H,20,22). The zero-order chi connectivity index (χ0) is 17.8. The molecule has 1 amide bonds. The lowest BCUT2D eigenvalue weighted by Crippen LogP contribution is -2.25. The fourth-order valence-electron chi connectivity index (χ4n) is 2.30. The lowest BCUT2D eigenvalue weighted by atomic mass is 10.2. The Bertz CT molecular complexity index is 862. The maximum atomic E-state index is 12.6. The van der Waals surface area contributed by atoms with Crippen molar-refractivity contribution < 1.29 is 9.53 Å². The molecule has 0 bridgehead atoms. The molecule has 2 aromatic heterocycles. The summed E-state index contributed by atoms with van der Waals surface area (Å²) in [6, 6.07) is 11.3. The number of halogens is 1. The molecule has 4 nitrogen and oxygen atoms in total. The van der Waals surface area contributed by atoms with Crippen LogP contribution < -0.4 is 10.1 Å². The van der Waals surface area contributed by atoms with Gasteiger partial charge in [-0.1, -0.05) is 29.8 Å². The zero-order valence-electron chi connectivity index (χ0n) is 13.8. The molecule has 3 aromatic rings. The van der Waals surface area contributed by atoms with E-state index in [1.165, 1.54) is 11.3 Å². The molecule has 0 saturated heterocycles. The Morgan fingerprint density at radius 1 is 1.36 bits per heavy atom. The third kappa shape index (κ3) is 4.60. The van der Waals surface area contributed by atoms with Crippen LogP contribution in [0.5, 0.6) is 5.88 Å². The van der Waals surface area contributed by atoms with Crippen molar-refractivity contribution in [1.29, 1.82) is 0 Å². The molecule has 130 valence electrons. The molecule has 0 radical (unpaired) electrons. The molecule has 2 heterocycles. The molecule has 7 heteroatoms. The molecule has 0 aliphatic rings. The third-order valence-corrected chi connectivity index (χ3v) is 5.73. The van der Waals surface area contributed by atoms with Crippen LogP contribution >= 0.6 is 34.3 Å². The van der Waals surface area contributed by atoms with Gasteiger partial charge in [0, 0.05) is 9.90 Å². The molecule has 0 aliphatic carbocycles. The van der Waals surface area contributed by atoms with E-state index in [2.05, 4.69) is 10.3 Å². The van der Waals surface area contributed by atoms with Crippen LogP contribution in [0.25, 0.3) is 0 Å². The van der Waals surface area contributed by atoms with Crippen molar-refractivity contribution in [1.82, 2.24) is 10.3 Å². The highest BCUT2D eigenvalue weighted by Gasteiger charge is 2.20. The van der Waals surface area contributed by atoms with E-state index in [4.69, 9.17) is 16.3 Å². The Morgan fingerprint density at radius 3 is 2.92 bits per heavy atom. The van der Waals surface area contributed by atoms with Crippen molar-refractivity contribution in [3.8, 4) is 5.88 Å². The number of thiazole rings is 1. The topological polar surface area (TPSA) is 51.2 Å². The van der Waals surface area contributed by atoms with Gasteiger partial charge in [0.2, 0.25) is 5.88 Å². The number of benzene rings is 1. The monoisotopic (exact) mass is 392 g/mol. The summed E-state index contributed by atoms with van der Waals surface area (Å²) < 4.78 is 5.77. The van der Waals surface area contributed by atoms with Gasteiger partial charge in [0.1, 0.15) is 6.61 Å². The van der Waals surface area contributed by atoms with Gasteiger partial charge >= 0.3 is 0 Å². The second kappa shape index (κ2) is 7.99. The summed E-state index contributed by atoms with van der Waals surface area (Å²) in [7, 11) is 0. The van der Waals surface area contributed by atoms with Gasteiger partial charge in [-0.05, 0) is 43.0 Å². The summed E-state index contributed by atoms with van der Waals surface area (Å²) in [5.74, 6) is 0.186. The number of ether oxygens (including phenoxy) is 1. The first-order chi connectivity index (χ1) is 12.0. The van der Waals surface area contributed by atoms with E-state index in [-0.39, 0.29) is 11.9 Å². The Morgan fingerprint density at radius 2 is 2.20 bits per heavy atom. The Labute approximate surface area is 159 Å². The van der Waals surface area contributed by atoms with E-state index >= 15 is 0 Å². The number of nitrogens with zero attached hydrogens (tertiary/aromatic N) is 1. The van der Waals surface area contributed by atoms with Crippen LogP contribution in [-0.4, -0.2) is 10.9 Å². The highest BCUT2D eigenvalue weighted by molar-refractivity contribution is 7.14. The molecular weight excluding hydrogens is 376 g/mol.